The normalized spacial score (nSPS) is 21.6. The highest BCUT2D eigenvalue weighted by atomic mass is 32.2. The molecular weight excluding hydrogens is 173 g/mol. The number of hydrogen-bond donors (Lipinski definition) is 0. The lowest BCUT2D eigenvalue weighted by atomic mass is 10.2. The summed E-state index contributed by atoms with van der Waals surface area (Å²) in [5, 5.41) is 0. The first-order valence-corrected chi connectivity index (χ1v) is 4.64. The molecule has 0 amide bonds. The first-order chi connectivity index (χ1) is 5.86. The first kappa shape index (κ1) is 7.80. The zero-order valence-corrected chi connectivity index (χ0v) is 7.22. The number of halogens is 1. The minimum Gasteiger partial charge on any atom is -0.289 e. The smallest absolute Gasteiger partial charge is 0.169 e. The second-order valence-corrected chi connectivity index (χ2v) is 3.75. The molecule has 0 saturated heterocycles. The van der Waals surface area contributed by atoms with Crippen molar-refractivity contribution in [3.05, 3.63) is 29.8 Å². The number of rotatable bonds is 0. The van der Waals surface area contributed by atoms with Crippen LogP contribution in [0.4, 0.5) is 4.39 Å². The van der Waals surface area contributed by atoms with Crippen molar-refractivity contribution in [2.75, 3.05) is 6.54 Å². The maximum absolute atomic E-state index is 13.0. The summed E-state index contributed by atoms with van der Waals surface area (Å²) in [6.45, 7) is 0.263. The van der Waals surface area contributed by atoms with Crippen molar-refractivity contribution in [3.8, 4) is 0 Å². The van der Waals surface area contributed by atoms with Crippen molar-refractivity contribution in [2.24, 2.45) is 4.99 Å². The lowest BCUT2D eigenvalue weighted by Gasteiger charge is -2.03. The van der Waals surface area contributed by atoms with Gasteiger partial charge in [-0.05, 0) is 6.07 Å². The van der Waals surface area contributed by atoms with Gasteiger partial charge in [-0.25, -0.2) is 4.39 Å². The maximum Gasteiger partial charge on any atom is 0.169 e. The molecule has 1 heterocycles. The topological polar surface area (TPSA) is 12.4 Å². The first-order valence-electron chi connectivity index (χ1n) is 3.76. The van der Waals surface area contributed by atoms with Crippen molar-refractivity contribution in [1.29, 1.82) is 0 Å². The van der Waals surface area contributed by atoms with Gasteiger partial charge in [-0.2, -0.15) is 0 Å². The Morgan fingerprint density at radius 1 is 1.42 bits per heavy atom. The van der Waals surface area contributed by atoms with Crippen LogP contribution < -0.4 is 0 Å². The van der Waals surface area contributed by atoms with E-state index in [1.54, 1.807) is 6.21 Å². The summed E-state index contributed by atoms with van der Waals surface area (Å²) >= 11 is 1.24. The largest absolute Gasteiger partial charge is 0.289 e. The second kappa shape index (κ2) is 3.27. The van der Waals surface area contributed by atoms with Crippen molar-refractivity contribution in [1.82, 2.24) is 0 Å². The van der Waals surface area contributed by atoms with Crippen LogP contribution in [0.25, 0.3) is 0 Å². The standard InChI is InChI=1S/C9H8FNS/c10-9-6-11-5-7-3-1-2-4-8(7)12-9/h1-5,9H,6H2/t9-/m0/s1. The molecule has 1 atom stereocenters. The number of fused-ring (bicyclic) bond motifs is 1. The van der Waals surface area contributed by atoms with Gasteiger partial charge in [0.25, 0.3) is 0 Å². The average molecular weight is 181 g/mol. The molecule has 3 heteroatoms. The molecule has 2 rings (SSSR count). The predicted molar refractivity (Wildman–Crippen MR) is 49.7 cm³/mol. The lowest BCUT2D eigenvalue weighted by Crippen LogP contribution is -1.95. The van der Waals surface area contributed by atoms with Crippen LogP contribution in [0.2, 0.25) is 0 Å². The number of benzene rings is 1. The molecule has 0 N–H and O–H groups in total. The Bertz CT molecular complexity index is 311. The summed E-state index contributed by atoms with van der Waals surface area (Å²) in [4.78, 5) is 4.95. The Labute approximate surface area is 74.7 Å². The quantitative estimate of drug-likeness (QED) is 0.599. The zero-order chi connectivity index (χ0) is 8.39. The Morgan fingerprint density at radius 3 is 3.17 bits per heavy atom. The fraction of sp³-hybridized carbons (Fsp3) is 0.222. The molecule has 1 aliphatic heterocycles. The molecular formula is C9H8FNS. The maximum atomic E-state index is 13.0. The third-order valence-electron chi connectivity index (χ3n) is 1.65. The fourth-order valence-electron chi connectivity index (χ4n) is 1.10. The van der Waals surface area contributed by atoms with E-state index in [1.165, 1.54) is 11.8 Å². The van der Waals surface area contributed by atoms with E-state index in [2.05, 4.69) is 4.99 Å². The van der Waals surface area contributed by atoms with Crippen LogP contribution in [-0.4, -0.2) is 18.3 Å². The van der Waals surface area contributed by atoms with Gasteiger partial charge in [-0.3, -0.25) is 4.99 Å². The Hall–Kier alpha value is -0.830. The van der Waals surface area contributed by atoms with E-state index in [-0.39, 0.29) is 6.54 Å². The molecule has 0 aliphatic carbocycles. The summed E-state index contributed by atoms with van der Waals surface area (Å²) in [7, 11) is 0. The van der Waals surface area contributed by atoms with E-state index in [9.17, 15) is 4.39 Å². The highest BCUT2D eigenvalue weighted by Crippen LogP contribution is 2.28. The van der Waals surface area contributed by atoms with Gasteiger partial charge in [0.2, 0.25) is 0 Å². The van der Waals surface area contributed by atoms with Gasteiger partial charge in [0.15, 0.2) is 5.50 Å². The molecule has 1 aromatic rings. The summed E-state index contributed by atoms with van der Waals surface area (Å²) in [5.41, 5.74) is 0.118. The van der Waals surface area contributed by atoms with Gasteiger partial charge >= 0.3 is 0 Å². The third-order valence-corrected chi connectivity index (χ3v) is 2.68. The monoisotopic (exact) mass is 181 g/mol. The molecule has 0 radical (unpaired) electrons. The summed E-state index contributed by atoms with van der Waals surface area (Å²) < 4.78 is 13.0. The van der Waals surface area contributed by atoms with E-state index in [1.807, 2.05) is 24.3 Å². The van der Waals surface area contributed by atoms with E-state index >= 15 is 0 Å². The number of aliphatic imine (C=N–C) groups is 1. The fourth-order valence-corrected chi connectivity index (χ4v) is 1.95. The highest BCUT2D eigenvalue weighted by molar-refractivity contribution is 7.99. The van der Waals surface area contributed by atoms with E-state index in [4.69, 9.17) is 0 Å². The SMILES string of the molecule is F[C@@H]1CN=Cc2ccccc2S1. The van der Waals surface area contributed by atoms with Gasteiger partial charge in [0, 0.05) is 16.7 Å². The van der Waals surface area contributed by atoms with Gasteiger partial charge in [0.05, 0.1) is 6.54 Å². The van der Waals surface area contributed by atoms with Crippen LogP contribution in [0.1, 0.15) is 5.56 Å². The zero-order valence-electron chi connectivity index (χ0n) is 6.40. The highest BCUT2D eigenvalue weighted by Gasteiger charge is 2.12. The molecule has 0 aromatic heterocycles. The van der Waals surface area contributed by atoms with Gasteiger partial charge in [-0.15, -0.1) is 0 Å². The van der Waals surface area contributed by atoms with Crippen LogP contribution in [0.15, 0.2) is 34.2 Å². The second-order valence-electron chi connectivity index (χ2n) is 2.56. The molecule has 12 heavy (non-hydrogen) atoms. The van der Waals surface area contributed by atoms with Crippen molar-refractivity contribution in [3.63, 3.8) is 0 Å². The number of nitrogens with zero attached hydrogens (tertiary/aromatic N) is 1. The molecule has 0 unspecified atom stereocenters. The molecule has 0 saturated carbocycles. The van der Waals surface area contributed by atoms with Gasteiger partial charge in [-0.1, -0.05) is 30.0 Å². The third kappa shape index (κ3) is 1.50. The van der Waals surface area contributed by atoms with Crippen molar-refractivity contribution < 1.29 is 4.39 Å². The van der Waals surface area contributed by atoms with Gasteiger partial charge in [0.1, 0.15) is 0 Å². The number of alkyl halides is 1. The number of thioether (sulfide) groups is 1. The minimum absolute atomic E-state index is 0.263. The molecule has 1 nitrogen and oxygen atoms in total. The van der Waals surface area contributed by atoms with Crippen LogP contribution in [0, 0.1) is 0 Å². The van der Waals surface area contributed by atoms with Gasteiger partial charge < -0.3 is 0 Å². The molecule has 62 valence electrons. The molecule has 0 spiro atoms. The predicted octanol–water partition coefficient (Wildman–Crippen LogP) is 2.51. The average Bonchev–Trinajstić information content (AvgIpc) is 2.25. The summed E-state index contributed by atoms with van der Waals surface area (Å²) in [6.07, 6.45) is 1.74. The van der Waals surface area contributed by atoms with Crippen LogP contribution in [0.5, 0.6) is 0 Å². The minimum atomic E-state index is -0.898. The van der Waals surface area contributed by atoms with E-state index in [0.717, 1.165) is 10.5 Å². The molecule has 1 aliphatic rings. The van der Waals surface area contributed by atoms with Crippen LogP contribution in [0.3, 0.4) is 0 Å². The van der Waals surface area contributed by atoms with Crippen molar-refractivity contribution >= 4 is 18.0 Å². The van der Waals surface area contributed by atoms with Crippen molar-refractivity contribution in [2.45, 2.75) is 10.4 Å². The van der Waals surface area contributed by atoms with Crippen LogP contribution in [-0.2, 0) is 0 Å². The Morgan fingerprint density at radius 2 is 2.25 bits per heavy atom. The number of hydrogen-bond acceptors (Lipinski definition) is 2. The summed E-state index contributed by atoms with van der Waals surface area (Å²) in [5.74, 6) is 0. The Kier molecular flexibility index (Phi) is 2.13. The Balaban J connectivity index is 2.41. The van der Waals surface area contributed by atoms with E-state index < -0.39 is 5.50 Å². The molecule has 1 aromatic carbocycles. The lowest BCUT2D eigenvalue weighted by molar-refractivity contribution is 0.462. The molecule has 0 bridgehead atoms. The molecule has 0 fully saturated rings. The van der Waals surface area contributed by atoms with E-state index in [0.29, 0.717) is 0 Å². The van der Waals surface area contributed by atoms with Crippen LogP contribution >= 0.6 is 11.8 Å². The summed E-state index contributed by atoms with van der Waals surface area (Å²) in [6, 6.07) is 7.72.